The van der Waals surface area contributed by atoms with Crippen LogP contribution in [0.4, 0.5) is 17.5 Å². The molecule has 5 rings (SSSR count). The number of aliphatic hydroxyl groups excluding tert-OH is 1. The molecule has 1 aliphatic carbocycles. The standard InChI is InChI=1S/C22H26N6O2/c1-27-20-6-5-17(11-16(20)14-23-27)24-21-13-19(15-3-2-4-18(29)12-15)25-22(26-21)28-7-9-30-10-8-28/h5-6,11-15,29H,2-4,7-10H2,1H3,(H,24,25,26). The molecular formula is C22H26N6O2. The summed E-state index contributed by atoms with van der Waals surface area (Å²) in [5.74, 6) is 2.01. The van der Waals surface area contributed by atoms with Gasteiger partial charge in [-0.25, -0.2) is 4.98 Å². The van der Waals surface area contributed by atoms with Gasteiger partial charge in [-0.05, 0) is 37.1 Å². The lowest BCUT2D eigenvalue weighted by Gasteiger charge is -2.28. The summed E-state index contributed by atoms with van der Waals surface area (Å²) in [5, 5.41) is 18.9. The Kier molecular flexibility index (Phi) is 5.00. The second kappa shape index (κ2) is 7.95. The van der Waals surface area contributed by atoms with E-state index in [1.54, 1.807) is 0 Å². The molecule has 0 radical (unpaired) electrons. The zero-order valence-electron chi connectivity index (χ0n) is 17.1. The van der Waals surface area contributed by atoms with Gasteiger partial charge in [-0.2, -0.15) is 10.1 Å². The van der Waals surface area contributed by atoms with Crippen LogP contribution < -0.4 is 10.2 Å². The molecule has 8 heteroatoms. The highest BCUT2D eigenvalue weighted by Crippen LogP contribution is 2.32. The Morgan fingerprint density at radius 1 is 1.17 bits per heavy atom. The molecule has 30 heavy (non-hydrogen) atoms. The van der Waals surface area contributed by atoms with E-state index >= 15 is 0 Å². The van der Waals surface area contributed by atoms with Gasteiger partial charge in [-0.3, -0.25) is 4.68 Å². The predicted octanol–water partition coefficient (Wildman–Crippen LogP) is 3.65. The maximum atomic E-state index is 10.0. The van der Waals surface area contributed by atoms with Crippen LogP contribution in [-0.4, -0.2) is 51.2 Å². The van der Waals surface area contributed by atoms with Gasteiger partial charge in [0.25, 0.3) is 0 Å². The third-order valence-electron chi connectivity index (χ3n) is 5.77. The lowest BCUT2D eigenvalue weighted by Crippen LogP contribution is -2.37. The first-order chi connectivity index (χ1) is 14.7. The number of nitrogens with one attached hydrogen (secondary N) is 1. The molecule has 3 heterocycles. The van der Waals surface area contributed by atoms with E-state index in [9.17, 15) is 5.11 Å². The van der Waals surface area contributed by atoms with Crippen molar-refractivity contribution in [1.29, 1.82) is 0 Å². The highest BCUT2D eigenvalue weighted by atomic mass is 16.5. The number of allylic oxidation sites excluding steroid dienone is 2. The zero-order valence-corrected chi connectivity index (χ0v) is 17.1. The molecule has 0 spiro atoms. The molecule has 0 amide bonds. The summed E-state index contributed by atoms with van der Waals surface area (Å²) in [7, 11) is 1.94. The molecule has 1 atom stereocenters. The number of benzene rings is 1. The van der Waals surface area contributed by atoms with Crippen molar-refractivity contribution < 1.29 is 9.84 Å². The number of ether oxygens (including phenoxy) is 1. The van der Waals surface area contributed by atoms with E-state index in [4.69, 9.17) is 14.7 Å². The van der Waals surface area contributed by atoms with Gasteiger partial charge in [0.05, 0.1) is 36.4 Å². The lowest BCUT2D eigenvalue weighted by atomic mass is 9.92. The van der Waals surface area contributed by atoms with Gasteiger partial charge in [-0.1, -0.05) is 0 Å². The van der Waals surface area contributed by atoms with Crippen molar-refractivity contribution in [3.05, 3.63) is 48.0 Å². The van der Waals surface area contributed by atoms with Gasteiger partial charge >= 0.3 is 0 Å². The van der Waals surface area contributed by atoms with Crippen LogP contribution >= 0.6 is 0 Å². The normalized spacial score (nSPS) is 19.7. The van der Waals surface area contributed by atoms with Crippen LogP contribution in [0.25, 0.3) is 10.9 Å². The number of hydrogen-bond donors (Lipinski definition) is 2. The minimum absolute atomic E-state index is 0.0999. The molecule has 3 aromatic rings. The van der Waals surface area contributed by atoms with Crippen molar-refractivity contribution >= 4 is 28.4 Å². The van der Waals surface area contributed by atoms with E-state index in [-0.39, 0.29) is 5.92 Å². The van der Waals surface area contributed by atoms with Crippen LogP contribution in [0, 0.1) is 0 Å². The number of aliphatic hydroxyl groups is 1. The number of nitrogens with zero attached hydrogens (tertiary/aromatic N) is 5. The van der Waals surface area contributed by atoms with E-state index in [2.05, 4.69) is 27.4 Å². The van der Waals surface area contributed by atoms with Crippen molar-refractivity contribution in [2.45, 2.75) is 25.2 Å². The fourth-order valence-corrected chi connectivity index (χ4v) is 4.14. The summed E-state index contributed by atoms with van der Waals surface area (Å²) < 4.78 is 7.35. The fourth-order valence-electron chi connectivity index (χ4n) is 4.14. The number of aryl methyl sites for hydroxylation is 1. The lowest BCUT2D eigenvalue weighted by molar-refractivity contribution is 0.122. The predicted molar refractivity (Wildman–Crippen MR) is 116 cm³/mol. The van der Waals surface area contributed by atoms with Gasteiger partial charge in [0.15, 0.2) is 0 Å². The van der Waals surface area contributed by atoms with E-state index in [1.807, 2.05) is 36.1 Å². The molecule has 1 unspecified atom stereocenters. The highest BCUT2D eigenvalue weighted by molar-refractivity contribution is 5.83. The molecule has 2 N–H and O–H groups in total. The number of aromatic nitrogens is 4. The van der Waals surface area contributed by atoms with Crippen LogP contribution in [0.1, 0.15) is 30.9 Å². The van der Waals surface area contributed by atoms with Crippen molar-refractivity contribution in [1.82, 2.24) is 19.7 Å². The monoisotopic (exact) mass is 406 g/mol. The van der Waals surface area contributed by atoms with Gasteiger partial charge in [0.1, 0.15) is 5.82 Å². The Hall–Kier alpha value is -3.13. The smallest absolute Gasteiger partial charge is 0.227 e. The van der Waals surface area contributed by atoms with Gasteiger partial charge in [0, 0.05) is 49.6 Å². The number of fused-ring (bicyclic) bond motifs is 1. The molecule has 1 aromatic carbocycles. The van der Waals surface area contributed by atoms with Crippen LogP contribution in [0.2, 0.25) is 0 Å². The molecule has 0 bridgehead atoms. The summed E-state index contributed by atoms with van der Waals surface area (Å²) in [6, 6.07) is 8.16. The number of hydrogen-bond acceptors (Lipinski definition) is 7. The quantitative estimate of drug-likeness (QED) is 0.684. The second-order valence-corrected chi connectivity index (χ2v) is 7.90. The van der Waals surface area contributed by atoms with E-state index < -0.39 is 0 Å². The Balaban J connectivity index is 1.50. The summed E-state index contributed by atoms with van der Waals surface area (Å²) >= 11 is 0. The van der Waals surface area contributed by atoms with E-state index in [0.29, 0.717) is 24.9 Å². The average Bonchev–Trinajstić information content (AvgIpc) is 3.14. The maximum absolute atomic E-state index is 10.0. The van der Waals surface area contributed by atoms with E-state index in [1.165, 1.54) is 0 Å². The second-order valence-electron chi connectivity index (χ2n) is 7.90. The average molecular weight is 406 g/mol. The first-order valence-electron chi connectivity index (χ1n) is 10.5. The molecule has 0 saturated carbocycles. The molecule has 8 nitrogen and oxygen atoms in total. The third-order valence-corrected chi connectivity index (χ3v) is 5.77. The molecule has 1 aliphatic heterocycles. The molecular weight excluding hydrogens is 380 g/mol. The SMILES string of the molecule is Cn1ncc2cc(Nc3cc(C4C=C(O)CCC4)nc(N4CCOCC4)n3)ccc21. The van der Waals surface area contributed by atoms with Gasteiger partial charge in [-0.15, -0.1) is 0 Å². The molecule has 156 valence electrons. The topological polar surface area (TPSA) is 88.3 Å². The largest absolute Gasteiger partial charge is 0.513 e. The Morgan fingerprint density at radius 3 is 2.87 bits per heavy atom. The molecule has 2 aromatic heterocycles. The van der Waals surface area contributed by atoms with Crippen molar-refractivity contribution in [3.63, 3.8) is 0 Å². The van der Waals surface area contributed by atoms with Crippen LogP contribution in [-0.2, 0) is 11.8 Å². The number of morpholine rings is 1. The van der Waals surface area contributed by atoms with E-state index in [0.717, 1.165) is 60.5 Å². The Morgan fingerprint density at radius 2 is 2.03 bits per heavy atom. The van der Waals surface area contributed by atoms with Gasteiger partial charge in [0.2, 0.25) is 5.95 Å². The maximum Gasteiger partial charge on any atom is 0.227 e. The summed E-state index contributed by atoms with van der Waals surface area (Å²) in [6.45, 7) is 2.91. The minimum atomic E-state index is 0.0999. The molecule has 2 aliphatic rings. The number of rotatable bonds is 4. The fraction of sp³-hybridized carbons (Fsp3) is 0.409. The first-order valence-corrected chi connectivity index (χ1v) is 10.5. The van der Waals surface area contributed by atoms with Gasteiger partial charge < -0.3 is 20.1 Å². The van der Waals surface area contributed by atoms with Crippen molar-refractivity contribution in [3.8, 4) is 0 Å². The first kappa shape index (κ1) is 18.9. The summed E-state index contributed by atoms with van der Waals surface area (Å²) in [6.07, 6.45) is 6.48. The third kappa shape index (κ3) is 3.82. The molecule has 1 saturated heterocycles. The Labute approximate surface area is 175 Å². The highest BCUT2D eigenvalue weighted by Gasteiger charge is 2.21. The van der Waals surface area contributed by atoms with Crippen LogP contribution in [0.3, 0.4) is 0 Å². The van der Waals surface area contributed by atoms with Crippen molar-refractivity contribution in [2.24, 2.45) is 7.05 Å². The van der Waals surface area contributed by atoms with Crippen molar-refractivity contribution in [2.75, 3.05) is 36.5 Å². The van der Waals surface area contributed by atoms with Crippen LogP contribution in [0.5, 0.6) is 0 Å². The van der Waals surface area contributed by atoms with Crippen LogP contribution in [0.15, 0.2) is 42.3 Å². The summed E-state index contributed by atoms with van der Waals surface area (Å²) in [5.41, 5.74) is 2.97. The zero-order chi connectivity index (χ0) is 20.5. The minimum Gasteiger partial charge on any atom is -0.513 e. The summed E-state index contributed by atoms with van der Waals surface area (Å²) in [4.78, 5) is 11.8. The number of anilines is 3. The Bertz CT molecular complexity index is 1090. The molecule has 1 fully saturated rings.